The van der Waals surface area contributed by atoms with Crippen molar-refractivity contribution in [1.82, 2.24) is 0 Å². The van der Waals surface area contributed by atoms with Gasteiger partial charge in [0.25, 0.3) is 0 Å². The Morgan fingerprint density at radius 1 is 0.583 bits per heavy atom. The molecule has 0 spiro atoms. The van der Waals surface area contributed by atoms with E-state index < -0.39 is 0 Å². The molecule has 0 radical (unpaired) electrons. The van der Waals surface area contributed by atoms with Gasteiger partial charge in [-0.25, -0.2) is 0 Å². The van der Waals surface area contributed by atoms with Crippen LogP contribution in [0.2, 0.25) is 0 Å². The fourth-order valence-corrected chi connectivity index (χ4v) is 9.68. The standard InChI is InChI=1S/C52H58O6S2/c1-49(2,3)35-19-29(20-36(47(35)53)50(4,5)6)43-15-17-45(59-43)31-23-39(55-13)33-27-34-40(56-14)24-32(26-42(34)58-28-57-41(33)25-31)46-18-16-44(60-46)30-21-37(51(7,8)9)48(54)38(22-30)52(10,11)12/h15-27,53H,28H2,1-14H3/p-1/b34-27-,46-32-. The van der Waals surface area contributed by atoms with E-state index in [0.29, 0.717) is 23.0 Å². The minimum Gasteiger partial charge on any atom is -0.872 e. The first-order chi connectivity index (χ1) is 28.0. The van der Waals surface area contributed by atoms with Crippen LogP contribution in [0.1, 0.15) is 99.8 Å². The molecule has 0 N–H and O–H groups in total. The van der Waals surface area contributed by atoms with Crippen LogP contribution < -0.4 is 33.8 Å². The van der Waals surface area contributed by atoms with Gasteiger partial charge in [0.05, 0.1) is 25.0 Å². The molecule has 0 saturated heterocycles. The summed E-state index contributed by atoms with van der Waals surface area (Å²) in [5.41, 5.74) is 5.97. The number of thiophene rings is 2. The van der Waals surface area contributed by atoms with Gasteiger partial charge >= 0.3 is 0 Å². The first-order valence-corrected chi connectivity index (χ1v) is 22.1. The molecule has 3 aromatic carbocycles. The summed E-state index contributed by atoms with van der Waals surface area (Å²) in [6.45, 7) is 25.1. The van der Waals surface area contributed by atoms with Gasteiger partial charge in [0.2, 0.25) is 6.79 Å². The largest absolute Gasteiger partial charge is 0.872 e. The molecule has 0 bridgehead atoms. The summed E-state index contributed by atoms with van der Waals surface area (Å²) < 4.78 is 26.9. The molecule has 7 rings (SSSR count). The summed E-state index contributed by atoms with van der Waals surface area (Å²) >= 11 is 3.35. The summed E-state index contributed by atoms with van der Waals surface area (Å²) in [6, 6.07) is 20.8. The molecule has 8 heteroatoms. The Hall–Kier alpha value is -5.05. The number of ketones is 1. The van der Waals surface area contributed by atoms with Crippen LogP contribution in [0, 0.1) is 20.6 Å². The molecule has 2 aromatic heterocycles. The maximum absolute atomic E-state index is 13.6. The molecule has 5 aromatic rings. The number of benzene rings is 3. The van der Waals surface area contributed by atoms with Crippen molar-refractivity contribution in [2.24, 2.45) is 10.8 Å². The number of methoxy groups -OCH3 is 2. The van der Waals surface area contributed by atoms with Crippen molar-refractivity contribution >= 4 is 40.1 Å². The summed E-state index contributed by atoms with van der Waals surface area (Å²) in [5, 5.41) is 15.3. The maximum atomic E-state index is 13.6. The Morgan fingerprint density at radius 2 is 1.12 bits per heavy atom. The van der Waals surface area contributed by atoms with Crippen LogP contribution in [-0.4, -0.2) is 26.8 Å². The van der Waals surface area contributed by atoms with Crippen LogP contribution in [0.15, 0.2) is 84.0 Å². The quantitative estimate of drug-likeness (QED) is 0.179. The van der Waals surface area contributed by atoms with Crippen LogP contribution in [0.3, 0.4) is 0 Å². The monoisotopic (exact) mass is 841 g/mol. The molecule has 3 heterocycles. The first kappa shape index (κ1) is 43.1. The van der Waals surface area contributed by atoms with Crippen LogP contribution in [0.4, 0.5) is 0 Å². The van der Waals surface area contributed by atoms with Crippen molar-refractivity contribution in [3.8, 4) is 49.6 Å². The van der Waals surface area contributed by atoms with Gasteiger partial charge in [0, 0.05) is 30.0 Å². The lowest BCUT2D eigenvalue weighted by Crippen LogP contribution is -2.28. The molecule has 6 nitrogen and oxygen atoms in total. The van der Waals surface area contributed by atoms with Crippen LogP contribution in [0.25, 0.3) is 32.5 Å². The van der Waals surface area contributed by atoms with Crippen LogP contribution in [0.5, 0.6) is 28.7 Å². The van der Waals surface area contributed by atoms with E-state index in [4.69, 9.17) is 18.9 Å². The molecule has 0 unspecified atom stereocenters. The highest BCUT2D eigenvalue weighted by molar-refractivity contribution is 7.18. The van der Waals surface area contributed by atoms with Crippen molar-refractivity contribution in [2.45, 2.75) is 93.9 Å². The van der Waals surface area contributed by atoms with E-state index >= 15 is 0 Å². The molecule has 0 fully saturated rings. The zero-order chi connectivity index (χ0) is 43.7. The number of allylic oxidation sites excluding steroid dienone is 4. The highest BCUT2D eigenvalue weighted by atomic mass is 32.1. The highest BCUT2D eigenvalue weighted by Gasteiger charge is 2.34. The summed E-state index contributed by atoms with van der Waals surface area (Å²) in [4.78, 5) is 15.7. The Bertz CT molecular complexity index is 2750. The van der Waals surface area contributed by atoms with Gasteiger partial charge in [-0.05, 0) is 121 Å². The van der Waals surface area contributed by atoms with Crippen molar-refractivity contribution in [2.75, 3.05) is 21.0 Å². The minimum absolute atomic E-state index is 0.0160. The molecule has 1 aliphatic carbocycles. The lowest BCUT2D eigenvalue weighted by molar-refractivity contribution is -0.271. The van der Waals surface area contributed by atoms with Gasteiger partial charge in [-0.1, -0.05) is 95.2 Å². The van der Waals surface area contributed by atoms with Crippen molar-refractivity contribution in [1.29, 1.82) is 0 Å². The fraction of sp³-hybridized carbons (Fsp3) is 0.365. The second-order valence-corrected chi connectivity index (χ2v) is 22.0. The predicted molar refractivity (Wildman–Crippen MR) is 246 cm³/mol. The number of Topliss-reactive ketones (excluding diaryl/α,β-unsaturated/α-hetero) is 1. The summed E-state index contributed by atoms with van der Waals surface area (Å²) in [5.74, 6) is 2.84. The Morgan fingerprint density at radius 3 is 1.65 bits per heavy atom. The smallest absolute Gasteiger partial charge is 0.230 e. The number of carbonyl (C=O) groups excluding carboxylic acids is 1. The van der Waals surface area contributed by atoms with Crippen molar-refractivity contribution < 1.29 is 28.8 Å². The molecular weight excluding hydrogens is 785 g/mol. The number of rotatable bonds is 4. The Balaban J connectivity index is 1.33. The molecule has 60 heavy (non-hydrogen) atoms. The van der Waals surface area contributed by atoms with E-state index in [-0.39, 0.29) is 40.0 Å². The lowest BCUT2D eigenvalue weighted by Gasteiger charge is -2.34. The maximum Gasteiger partial charge on any atom is 0.230 e. The topological polar surface area (TPSA) is 77.0 Å². The predicted octanol–water partition coefficient (Wildman–Crippen LogP) is 11.4. The van der Waals surface area contributed by atoms with E-state index in [1.807, 2.05) is 30.3 Å². The van der Waals surface area contributed by atoms with E-state index in [2.05, 4.69) is 132 Å². The molecule has 1 aliphatic heterocycles. The molecule has 314 valence electrons. The zero-order valence-electron chi connectivity index (χ0n) is 37.5. The molecule has 0 saturated carbocycles. The third-order valence-corrected chi connectivity index (χ3v) is 13.5. The molecular formula is C52H57O6S2-. The molecule has 2 aliphatic rings. The van der Waals surface area contributed by atoms with Gasteiger partial charge < -0.3 is 24.1 Å². The van der Waals surface area contributed by atoms with Crippen LogP contribution in [-0.2, 0) is 15.6 Å². The summed E-state index contributed by atoms with van der Waals surface area (Å²) in [6.07, 6.45) is 6.14. The Kier molecular flexibility index (Phi) is 11.1. The van der Waals surface area contributed by atoms with Gasteiger partial charge in [0.1, 0.15) is 23.0 Å². The fourth-order valence-electron chi connectivity index (χ4n) is 7.72. The highest BCUT2D eigenvalue weighted by Crippen LogP contribution is 2.45. The normalized spacial score (nSPS) is 15.9. The van der Waals surface area contributed by atoms with Crippen LogP contribution >= 0.6 is 22.7 Å². The van der Waals surface area contributed by atoms with Gasteiger partial charge in [-0.3, -0.25) is 4.79 Å². The van der Waals surface area contributed by atoms with E-state index in [9.17, 15) is 9.90 Å². The Labute approximate surface area is 362 Å². The second kappa shape index (κ2) is 15.4. The van der Waals surface area contributed by atoms with Crippen molar-refractivity contribution in [3.05, 3.63) is 120 Å². The van der Waals surface area contributed by atoms with E-state index in [1.165, 1.54) is 0 Å². The lowest BCUT2D eigenvalue weighted by atomic mass is 9.72. The average molecular weight is 842 g/mol. The average Bonchev–Trinajstić information content (AvgIpc) is 3.84. The molecule has 0 amide bonds. The third-order valence-electron chi connectivity index (χ3n) is 11.1. The number of carbonyl (C=O) groups is 1. The van der Waals surface area contributed by atoms with Crippen molar-refractivity contribution in [3.63, 3.8) is 0 Å². The SMILES string of the molecule is COc1cc(-c2ccc(-c3cc(C(C)(C)C)c([O-])c(C(C)(C)C)c3)s2)cc2c1/C=c1/c(OC)c/c(=c3\ccc(=C4C=C(C(C)(C)C)C(=O)C(C(C)(C)C)=C4)s3)cc1OCO2. The zero-order valence-corrected chi connectivity index (χ0v) is 39.1. The molecule has 0 atom stereocenters. The van der Waals surface area contributed by atoms with Gasteiger partial charge in [-0.2, -0.15) is 0 Å². The van der Waals surface area contributed by atoms with E-state index in [0.717, 1.165) is 73.8 Å². The number of hydrogen-bond donors (Lipinski definition) is 0. The minimum atomic E-state index is -0.289. The second-order valence-electron chi connectivity index (χ2n) is 19.9. The number of ether oxygens (including phenoxy) is 4. The third kappa shape index (κ3) is 8.33. The van der Waals surface area contributed by atoms with E-state index in [1.54, 1.807) is 36.9 Å². The number of hydrogen-bond acceptors (Lipinski definition) is 8. The van der Waals surface area contributed by atoms with Gasteiger partial charge in [0.15, 0.2) is 5.78 Å². The summed E-state index contributed by atoms with van der Waals surface area (Å²) in [7, 11) is 3.34. The van der Waals surface area contributed by atoms with Gasteiger partial charge in [-0.15, -0.1) is 28.4 Å². The number of fused-ring (bicyclic) bond motifs is 2. The first-order valence-electron chi connectivity index (χ1n) is 20.5.